The molecule has 2 nitrogen and oxygen atoms in total. The van der Waals surface area contributed by atoms with Gasteiger partial charge in [-0.25, -0.2) is 0 Å². The summed E-state index contributed by atoms with van der Waals surface area (Å²) in [6, 6.07) is 4.35. The van der Waals surface area contributed by atoms with Crippen LogP contribution in [0.4, 0.5) is 0 Å². The first-order valence-corrected chi connectivity index (χ1v) is 7.26. The standard InChI is InChI=1S/C14H19Cl2NO/c1-9(7-15)10(2)17-8-12-6-13(16)5-11-3-4-18-14(11)12/h5-6,9-10,17H,3-4,7-8H2,1-2H3. The van der Waals surface area contributed by atoms with Gasteiger partial charge in [0.1, 0.15) is 5.75 Å². The Labute approximate surface area is 119 Å². The number of rotatable bonds is 5. The first-order valence-electron chi connectivity index (χ1n) is 6.35. The highest BCUT2D eigenvalue weighted by Gasteiger charge is 2.18. The highest BCUT2D eigenvalue weighted by Crippen LogP contribution is 2.32. The lowest BCUT2D eigenvalue weighted by Crippen LogP contribution is -2.32. The molecule has 1 heterocycles. The summed E-state index contributed by atoms with van der Waals surface area (Å²) in [6.45, 7) is 5.82. The van der Waals surface area contributed by atoms with Crippen LogP contribution < -0.4 is 10.1 Å². The first kappa shape index (κ1) is 14.0. The van der Waals surface area contributed by atoms with Crippen molar-refractivity contribution in [1.29, 1.82) is 0 Å². The number of nitrogens with one attached hydrogen (secondary N) is 1. The van der Waals surface area contributed by atoms with Crippen molar-refractivity contribution in [1.82, 2.24) is 5.32 Å². The summed E-state index contributed by atoms with van der Waals surface area (Å²) in [5.41, 5.74) is 2.36. The van der Waals surface area contributed by atoms with E-state index >= 15 is 0 Å². The molecule has 0 fully saturated rings. The molecule has 4 heteroatoms. The molecule has 0 bridgehead atoms. The van der Waals surface area contributed by atoms with Crippen LogP contribution in [0.15, 0.2) is 12.1 Å². The molecule has 18 heavy (non-hydrogen) atoms. The van der Waals surface area contributed by atoms with Crippen LogP contribution in [0.2, 0.25) is 5.02 Å². The van der Waals surface area contributed by atoms with Crippen molar-refractivity contribution in [2.24, 2.45) is 5.92 Å². The predicted molar refractivity (Wildman–Crippen MR) is 76.8 cm³/mol. The predicted octanol–water partition coefficient (Wildman–Crippen LogP) is 3.63. The van der Waals surface area contributed by atoms with Gasteiger partial charge in [-0.3, -0.25) is 0 Å². The molecule has 1 aliphatic heterocycles. The Bertz CT molecular complexity index is 423. The highest BCUT2D eigenvalue weighted by atomic mass is 35.5. The summed E-state index contributed by atoms with van der Waals surface area (Å²) < 4.78 is 5.68. The van der Waals surface area contributed by atoms with Crippen molar-refractivity contribution in [3.05, 3.63) is 28.3 Å². The van der Waals surface area contributed by atoms with Gasteiger partial charge in [0.2, 0.25) is 0 Å². The van der Waals surface area contributed by atoms with Crippen molar-refractivity contribution in [2.45, 2.75) is 32.9 Å². The van der Waals surface area contributed by atoms with Gasteiger partial charge in [0.25, 0.3) is 0 Å². The molecule has 1 aromatic carbocycles. The largest absolute Gasteiger partial charge is 0.493 e. The van der Waals surface area contributed by atoms with Gasteiger partial charge >= 0.3 is 0 Å². The molecular formula is C14H19Cl2NO. The zero-order valence-electron chi connectivity index (χ0n) is 10.8. The van der Waals surface area contributed by atoms with Gasteiger partial charge < -0.3 is 10.1 Å². The molecule has 0 saturated carbocycles. The molecule has 0 aliphatic carbocycles. The topological polar surface area (TPSA) is 21.3 Å². The van der Waals surface area contributed by atoms with Crippen LogP contribution in [-0.4, -0.2) is 18.5 Å². The lowest BCUT2D eigenvalue weighted by Gasteiger charge is -2.20. The maximum Gasteiger partial charge on any atom is 0.127 e. The number of hydrogen-bond acceptors (Lipinski definition) is 2. The van der Waals surface area contributed by atoms with Crippen LogP contribution in [0.5, 0.6) is 5.75 Å². The Balaban J connectivity index is 2.06. The smallest absolute Gasteiger partial charge is 0.127 e. The molecule has 0 amide bonds. The third-order valence-corrected chi connectivity index (χ3v) is 4.24. The quantitative estimate of drug-likeness (QED) is 0.835. The second kappa shape index (κ2) is 6.14. The van der Waals surface area contributed by atoms with Gasteiger partial charge in [-0.15, -0.1) is 11.6 Å². The zero-order chi connectivity index (χ0) is 13.1. The van der Waals surface area contributed by atoms with Crippen LogP contribution in [0.25, 0.3) is 0 Å². The first-order chi connectivity index (χ1) is 8.61. The van der Waals surface area contributed by atoms with E-state index in [2.05, 4.69) is 19.2 Å². The Morgan fingerprint density at radius 2 is 2.17 bits per heavy atom. The van der Waals surface area contributed by atoms with Gasteiger partial charge in [0, 0.05) is 35.5 Å². The van der Waals surface area contributed by atoms with E-state index in [0.717, 1.165) is 35.9 Å². The molecule has 100 valence electrons. The average Bonchev–Trinajstić information content (AvgIpc) is 2.82. The number of alkyl halides is 1. The van der Waals surface area contributed by atoms with Crippen molar-refractivity contribution in [3.63, 3.8) is 0 Å². The Kier molecular flexibility index (Phi) is 4.77. The van der Waals surface area contributed by atoms with Crippen LogP contribution in [0.3, 0.4) is 0 Å². The monoisotopic (exact) mass is 287 g/mol. The molecule has 1 aromatic rings. The summed E-state index contributed by atoms with van der Waals surface area (Å²) in [5, 5.41) is 4.27. The third kappa shape index (κ3) is 3.11. The molecule has 1 aliphatic rings. The summed E-state index contributed by atoms with van der Waals surface area (Å²) in [7, 11) is 0. The molecule has 1 N–H and O–H groups in total. The number of fused-ring (bicyclic) bond motifs is 1. The maximum atomic E-state index is 6.13. The third-order valence-electron chi connectivity index (χ3n) is 3.54. The highest BCUT2D eigenvalue weighted by molar-refractivity contribution is 6.30. The minimum absolute atomic E-state index is 0.374. The van der Waals surface area contributed by atoms with E-state index < -0.39 is 0 Å². The summed E-state index contributed by atoms with van der Waals surface area (Å²) in [5.74, 6) is 2.12. The number of hydrogen-bond donors (Lipinski definition) is 1. The van der Waals surface area contributed by atoms with Crippen molar-refractivity contribution in [2.75, 3.05) is 12.5 Å². The van der Waals surface area contributed by atoms with Gasteiger partial charge in [0.15, 0.2) is 0 Å². The van der Waals surface area contributed by atoms with E-state index in [-0.39, 0.29) is 0 Å². The van der Waals surface area contributed by atoms with E-state index in [1.54, 1.807) is 0 Å². The molecule has 0 aromatic heterocycles. The van der Waals surface area contributed by atoms with E-state index in [0.29, 0.717) is 17.8 Å². The molecular weight excluding hydrogens is 269 g/mol. The SMILES string of the molecule is CC(CCl)C(C)NCc1cc(Cl)cc2c1OCC2. The average molecular weight is 288 g/mol. The van der Waals surface area contributed by atoms with E-state index in [9.17, 15) is 0 Å². The molecule has 0 saturated heterocycles. The minimum Gasteiger partial charge on any atom is -0.493 e. The summed E-state index contributed by atoms with van der Waals surface area (Å²) in [6.07, 6.45) is 0.955. The molecule has 0 radical (unpaired) electrons. The van der Waals surface area contributed by atoms with Crippen molar-refractivity contribution < 1.29 is 4.74 Å². The van der Waals surface area contributed by atoms with Crippen LogP contribution in [0, 0.1) is 5.92 Å². The molecule has 2 unspecified atom stereocenters. The lowest BCUT2D eigenvalue weighted by molar-refractivity contribution is 0.349. The summed E-state index contributed by atoms with van der Waals surface area (Å²) in [4.78, 5) is 0. The van der Waals surface area contributed by atoms with Gasteiger partial charge in [0.05, 0.1) is 6.61 Å². The fourth-order valence-electron chi connectivity index (χ4n) is 2.08. The maximum absolute atomic E-state index is 6.13. The Morgan fingerprint density at radius 1 is 1.39 bits per heavy atom. The van der Waals surface area contributed by atoms with Gasteiger partial charge in [-0.1, -0.05) is 18.5 Å². The summed E-state index contributed by atoms with van der Waals surface area (Å²) >= 11 is 12.0. The van der Waals surface area contributed by atoms with Gasteiger partial charge in [-0.05, 0) is 30.5 Å². The number of ether oxygens (including phenoxy) is 1. The van der Waals surface area contributed by atoms with Crippen molar-refractivity contribution in [3.8, 4) is 5.75 Å². The van der Waals surface area contributed by atoms with E-state index in [1.807, 2.05) is 12.1 Å². The van der Waals surface area contributed by atoms with Crippen LogP contribution in [-0.2, 0) is 13.0 Å². The second-order valence-electron chi connectivity index (χ2n) is 4.95. The van der Waals surface area contributed by atoms with E-state index in [4.69, 9.17) is 27.9 Å². The van der Waals surface area contributed by atoms with Gasteiger partial charge in [-0.2, -0.15) is 0 Å². The van der Waals surface area contributed by atoms with Crippen LogP contribution >= 0.6 is 23.2 Å². The number of halogens is 2. The Morgan fingerprint density at radius 3 is 2.89 bits per heavy atom. The zero-order valence-corrected chi connectivity index (χ0v) is 12.3. The fourth-order valence-corrected chi connectivity index (χ4v) is 2.61. The lowest BCUT2D eigenvalue weighted by atomic mass is 10.0. The minimum atomic E-state index is 0.374. The molecule has 0 spiro atoms. The van der Waals surface area contributed by atoms with E-state index in [1.165, 1.54) is 5.56 Å². The Hall–Kier alpha value is -0.440. The fraction of sp³-hybridized carbons (Fsp3) is 0.571. The van der Waals surface area contributed by atoms with Crippen molar-refractivity contribution >= 4 is 23.2 Å². The molecule has 2 atom stereocenters. The normalized spacial score (nSPS) is 17.1. The molecule has 2 rings (SSSR count). The second-order valence-corrected chi connectivity index (χ2v) is 5.70. The van der Waals surface area contributed by atoms with Crippen LogP contribution in [0.1, 0.15) is 25.0 Å². The number of benzene rings is 1.